The lowest BCUT2D eigenvalue weighted by Crippen LogP contribution is -2.36. The van der Waals surface area contributed by atoms with E-state index in [2.05, 4.69) is 4.90 Å². The van der Waals surface area contributed by atoms with E-state index in [0.29, 0.717) is 19.5 Å². The summed E-state index contributed by atoms with van der Waals surface area (Å²) < 4.78 is 5.47. The highest BCUT2D eigenvalue weighted by Gasteiger charge is 2.20. The third kappa shape index (κ3) is 6.73. The molecule has 0 fully saturated rings. The number of hydrogen-bond acceptors (Lipinski definition) is 4. The Morgan fingerprint density at radius 2 is 1.61 bits per heavy atom. The van der Waals surface area contributed by atoms with Crippen molar-refractivity contribution in [2.24, 2.45) is 0 Å². The number of hydrogen-bond donors (Lipinski definition) is 0. The Kier molecular flexibility index (Phi) is 9.16. The zero-order valence-corrected chi connectivity index (χ0v) is 20.3. The van der Waals surface area contributed by atoms with Crippen LogP contribution in [0.4, 0.5) is 11.4 Å². The summed E-state index contributed by atoms with van der Waals surface area (Å²) >= 11 is 0. The molecule has 2 aromatic carbocycles. The van der Waals surface area contributed by atoms with Gasteiger partial charge in [0.1, 0.15) is 5.75 Å². The predicted octanol–water partition coefficient (Wildman–Crippen LogP) is 4.87. The second-order valence-electron chi connectivity index (χ2n) is 8.73. The minimum absolute atomic E-state index is 0.0517. The topological polar surface area (TPSA) is 53.1 Å². The quantitative estimate of drug-likeness (QED) is 0.651. The standard InChI is InChI=1S/C27H37N3O3/c1-22(31)30-19-12-6-4-5-11-18-29(21-23-13-7-8-14-24(23)30)27(32)17-20-28(2)25-15-9-10-16-26(25)33-3/h7-10,13-16H,4-6,11-12,17-21H2,1-3H3. The maximum absolute atomic E-state index is 13.3. The third-order valence-electron chi connectivity index (χ3n) is 6.34. The van der Waals surface area contributed by atoms with E-state index in [-0.39, 0.29) is 11.8 Å². The number of fused-ring (bicyclic) bond motifs is 1. The fourth-order valence-corrected chi connectivity index (χ4v) is 4.44. The molecule has 6 nitrogen and oxygen atoms in total. The van der Waals surface area contributed by atoms with Gasteiger partial charge in [-0.15, -0.1) is 0 Å². The summed E-state index contributed by atoms with van der Waals surface area (Å²) in [6, 6.07) is 15.9. The summed E-state index contributed by atoms with van der Waals surface area (Å²) in [6.45, 7) is 4.23. The van der Waals surface area contributed by atoms with Gasteiger partial charge in [-0.3, -0.25) is 9.59 Å². The van der Waals surface area contributed by atoms with Crippen molar-refractivity contribution in [3.63, 3.8) is 0 Å². The summed E-state index contributed by atoms with van der Waals surface area (Å²) in [7, 11) is 3.65. The predicted molar refractivity (Wildman–Crippen MR) is 134 cm³/mol. The molecule has 6 heteroatoms. The first-order valence-electron chi connectivity index (χ1n) is 12.0. The minimum atomic E-state index is 0.0517. The Morgan fingerprint density at radius 1 is 0.939 bits per heavy atom. The highest BCUT2D eigenvalue weighted by atomic mass is 16.5. The van der Waals surface area contributed by atoms with Crippen molar-refractivity contribution in [1.29, 1.82) is 0 Å². The maximum Gasteiger partial charge on any atom is 0.224 e. The first kappa shape index (κ1) is 24.6. The van der Waals surface area contributed by atoms with E-state index in [4.69, 9.17) is 4.74 Å². The van der Waals surface area contributed by atoms with Gasteiger partial charge >= 0.3 is 0 Å². The molecule has 0 saturated carbocycles. The number of benzene rings is 2. The van der Waals surface area contributed by atoms with E-state index in [0.717, 1.165) is 67.9 Å². The highest BCUT2D eigenvalue weighted by Crippen LogP contribution is 2.27. The van der Waals surface area contributed by atoms with Crippen molar-refractivity contribution in [1.82, 2.24) is 4.90 Å². The average molecular weight is 452 g/mol. The van der Waals surface area contributed by atoms with E-state index in [1.807, 2.05) is 65.4 Å². The van der Waals surface area contributed by atoms with Crippen molar-refractivity contribution in [3.05, 3.63) is 54.1 Å². The van der Waals surface area contributed by atoms with Crippen molar-refractivity contribution in [2.75, 3.05) is 43.6 Å². The Bertz CT molecular complexity index is 930. The van der Waals surface area contributed by atoms with Gasteiger partial charge in [-0.1, -0.05) is 49.6 Å². The molecule has 1 aliphatic heterocycles. The molecular weight excluding hydrogens is 414 g/mol. The van der Waals surface area contributed by atoms with Crippen LogP contribution in [0.2, 0.25) is 0 Å². The Morgan fingerprint density at radius 3 is 2.36 bits per heavy atom. The van der Waals surface area contributed by atoms with Gasteiger partial charge in [-0.25, -0.2) is 0 Å². The molecule has 33 heavy (non-hydrogen) atoms. The normalized spacial score (nSPS) is 15.1. The number of carbonyl (C=O) groups is 2. The molecule has 2 amide bonds. The lowest BCUT2D eigenvalue weighted by Gasteiger charge is -2.29. The van der Waals surface area contributed by atoms with Gasteiger partial charge in [0.2, 0.25) is 11.8 Å². The summed E-state index contributed by atoms with van der Waals surface area (Å²) in [5, 5.41) is 0. The van der Waals surface area contributed by atoms with Gasteiger partial charge in [-0.05, 0) is 36.6 Å². The van der Waals surface area contributed by atoms with E-state index >= 15 is 0 Å². The monoisotopic (exact) mass is 451 g/mol. The molecule has 0 bridgehead atoms. The van der Waals surface area contributed by atoms with Crippen LogP contribution in [0.1, 0.15) is 51.0 Å². The van der Waals surface area contributed by atoms with Crippen LogP contribution in [0.15, 0.2) is 48.5 Å². The Hall–Kier alpha value is -3.02. The number of nitrogens with zero attached hydrogens (tertiary/aromatic N) is 3. The van der Waals surface area contributed by atoms with Gasteiger partial charge in [0.05, 0.1) is 12.8 Å². The smallest absolute Gasteiger partial charge is 0.224 e. The van der Waals surface area contributed by atoms with Crippen LogP contribution in [-0.4, -0.2) is 50.5 Å². The molecule has 178 valence electrons. The van der Waals surface area contributed by atoms with Crippen LogP contribution in [-0.2, 0) is 16.1 Å². The number of anilines is 2. The summed E-state index contributed by atoms with van der Waals surface area (Å²) in [4.78, 5) is 31.6. The second-order valence-corrected chi connectivity index (χ2v) is 8.73. The van der Waals surface area contributed by atoms with Gasteiger partial charge < -0.3 is 19.4 Å². The average Bonchev–Trinajstić information content (AvgIpc) is 2.82. The lowest BCUT2D eigenvalue weighted by molar-refractivity contribution is -0.131. The Balaban J connectivity index is 1.75. The van der Waals surface area contributed by atoms with Gasteiger partial charge in [0.15, 0.2) is 0 Å². The Labute approximate surface area is 198 Å². The van der Waals surface area contributed by atoms with E-state index in [1.165, 1.54) is 0 Å². The SMILES string of the molecule is COc1ccccc1N(C)CCC(=O)N1CCCCCCCN(C(C)=O)c2ccccc2C1. The molecule has 2 aromatic rings. The number of rotatable bonds is 5. The molecule has 3 rings (SSSR count). The summed E-state index contributed by atoms with van der Waals surface area (Å²) in [6.07, 6.45) is 5.77. The number of carbonyl (C=O) groups excluding carboxylic acids is 2. The first-order valence-corrected chi connectivity index (χ1v) is 12.0. The first-order chi connectivity index (χ1) is 16.0. The number of para-hydroxylation sites is 3. The molecule has 0 aliphatic carbocycles. The fraction of sp³-hybridized carbons (Fsp3) is 0.481. The van der Waals surface area contributed by atoms with Gasteiger partial charge in [-0.2, -0.15) is 0 Å². The maximum atomic E-state index is 13.3. The molecule has 0 spiro atoms. The van der Waals surface area contributed by atoms with E-state index < -0.39 is 0 Å². The molecule has 0 atom stereocenters. The molecular formula is C27H37N3O3. The molecule has 1 aliphatic rings. The third-order valence-corrected chi connectivity index (χ3v) is 6.34. The molecule has 0 radical (unpaired) electrons. The largest absolute Gasteiger partial charge is 0.495 e. The van der Waals surface area contributed by atoms with Crippen molar-refractivity contribution in [3.8, 4) is 5.75 Å². The molecule has 0 unspecified atom stereocenters. The van der Waals surface area contributed by atoms with Crippen molar-refractivity contribution >= 4 is 23.2 Å². The van der Waals surface area contributed by atoms with Gasteiger partial charge in [0, 0.05) is 52.3 Å². The summed E-state index contributed by atoms with van der Waals surface area (Å²) in [5.41, 5.74) is 2.93. The molecule has 0 N–H and O–H groups in total. The van der Waals surface area contributed by atoms with Crippen molar-refractivity contribution < 1.29 is 14.3 Å². The lowest BCUT2D eigenvalue weighted by atomic mass is 10.1. The van der Waals surface area contributed by atoms with Crippen LogP contribution in [0, 0.1) is 0 Å². The van der Waals surface area contributed by atoms with Crippen LogP contribution in [0.25, 0.3) is 0 Å². The van der Waals surface area contributed by atoms with E-state index in [9.17, 15) is 9.59 Å². The number of methoxy groups -OCH3 is 1. The van der Waals surface area contributed by atoms with Gasteiger partial charge in [0.25, 0.3) is 0 Å². The van der Waals surface area contributed by atoms with Crippen LogP contribution < -0.4 is 14.5 Å². The molecule has 0 aromatic heterocycles. The number of amides is 2. The zero-order valence-electron chi connectivity index (χ0n) is 20.3. The van der Waals surface area contributed by atoms with Crippen LogP contribution in [0.3, 0.4) is 0 Å². The molecule has 1 heterocycles. The zero-order chi connectivity index (χ0) is 23.6. The second kappa shape index (κ2) is 12.3. The highest BCUT2D eigenvalue weighted by molar-refractivity contribution is 5.92. The van der Waals surface area contributed by atoms with Crippen LogP contribution >= 0.6 is 0 Å². The van der Waals surface area contributed by atoms with E-state index in [1.54, 1.807) is 14.0 Å². The van der Waals surface area contributed by atoms with Crippen molar-refractivity contribution in [2.45, 2.75) is 52.0 Å². The number of ether oxygens (including phenoxy) is 1. The fourth-order valence-electron chi connectivity index (χ4n) is 4.44. The minimum Gasteiger partial charge on any atom is -0.495 e. The van der Waals surface area contributed by atoms with Crippen LogP contribution in [0.5, 0.6) is 5.75 Å². The summed E-state index contributed by atoms with van der Waals surface area (Å²) in [5.74, 6) is 0.991. The molecule has 0 saturated heterocycles.